The third kappa shape index (κ3) is 5.07. The molecule has 5 nitrogen and oxygen atoms in total. The van der Waals surface area contributed by atoms with E-state index >= 15 is 0 Å². The van der Waals surface area contributed by atoms with Crippen molar-refractivity contribution in [2.75, 3.05) is 20.2 Å². The SMILES string of the molecule is COC1(C(=O)N2CC[C@](c3ccc(C(F)(C(F)(F)F)C(F)(F)F)cc3)(S(=O)(=O)c3ccc(F)cc3)C2)CCC(C)CC1. The van der Waals surface area contributed by atoms with Crippen LogP contribution in [-0.2, 0) is 29.8 Å². The molecule has 1 saturated heterocycles. The van der Waals surface area contributed by atoms with E-state index < -0.39 is 62.0 Å². The Morgan fingerprint density at radius 3 is 1.88 bits per heavy atom. The molecule has 42 heavy (non-hydrogen) atoms. The number of ether oxygens (including phenoxy) is 1. The number of amides is 1. The second-order valence-electron chi connectivity index (χ2n) is 11.0. The zero-order valence-corrected chi connectivity index (χ0v) is 23.5. The van der Waals surface area contributed by atoms with E-state index in [1.807, 2.05) is 6.92 Å². The maximum absolute atomic E-state index is 14.7. The van der Waals surface area contributed by atoms with Crippen molar-refractivity contribution in [2.45, 2.75) is 72.3 Å². The molecule has 4 rings (SSSR count). The van der Waals surface area contributed by atoms with Crippen LogP contribution in [0.2, 0.25) is 0 Å². The fourth-order valence-corrected chi connectivity index (χ4v) is 8.00. The van der Waals surface area contributed by atoms with Crippen molar-refractivity contribution in [3.63, 3.8) is 0 Å². The maximum atomic E-state index is 14.7. The number of rotatable bonds is 6. The lowest BCUT2D eigenvalue weighted by molar-refractivity contribution is -0.348. The molecule has 1 atom stereocenters. The van der Waals surface area contributed by atoms with Crippen molar-refractivity contribution >= 4 is 15.7 Å². The molecule has 2 aromatic rings. The fourth-order valence-electron chi connectivity index (χ4n) is 5.92. The highest BCUT2D eigenvalue weighted by atomic mass is 32.2. The van der Waals surface area contributed by atoms with Gasteiger partial charge in [0.15, 0.2) is 9.84 Å². The molecule has 0 radical (unpaired) electrons. The molecule has 2 aromatic carbocycles. The van der Waals surface area contributed by atoms with E-state index in [9.17, 15) is 48.3 Å². The van der Waals surface area contributed by atoms with Crippen molar-refractivity contribution in [2.24, 2.45) is 5.92 Å². The van der Waals surface area contributed by atoms with Crippen LogP contribution < -0.4 is 0 Å². The second kappa shape index (κ2) is 10.8. The van der Waals surface area contributed by atoms with Gasteiger partial charge in [-0.25, -0.2) is 17.2 Å². The van der Waals surface area contributed by atoms with E-state index in [0.717, 1.165) is 24.3 Å². The highest BCUT2D eigenvalue weighted by molar-refractivity contribution is 7.92. The molecule has 1 aliphatic carbocycles. The van der Waals surface area contributed by atoms with Crippen molar-refractivity contribution in [1.29, 1.82) is 0 Å². The number of carbonyl (C=O) groups excluding carboxylic acids is 1. The maximum Gasteiger partial charge on any atom is 0.435 e. The number of halogens is 8. The number of hydrogen-bond acceptors (Lipinski definition) is 4. The van der Waals surface area contributed by atoms with Gasteiger partial charge >= 0.3 is 18.0 Å². The first-order chi connectivity index (χ1) is 19.3. The number of hydrogen-bond donors (Lipinski definition) is 0. The van der Waals surface area contributed by atoms with Gasteiger partial charge in [0.1, 0.15) is 16.2 Å². The first-order valence-corrected chi connectivity index (χ1v) is 14.6. The molecule has 1 amide bonds. The largest absolute Gasteiger partial charge is 0.435 e. The second-order valence-corrected chi connectivity index (χ2v) is 13.3. The molecule has 2 fully saturated rings. The lowest BCUT2D eigenvalue weighted by Crippen LogP contribution is -2.52. The highest BCUT2D eigenvalue weighted by Crippen LogP contribution is 2.54. The summed E-state index contributed by atoms with van der Waals surface area (Å²) in [4.78, 5) is 14.6. The van der Waals surface area contributed by atoms with Crippen LogP contribution in [0.3, 0.4) is 0 Å². The lowest BCUT2D eigenvalue weighted by Gasteiger charge is -2.40. The van der Waals surface area contributed by atoms with Gasteiger partial charge in [-0.05, 0) is 67.9 Å². The van der Waals surface area contributed by atoms with Gasteiger partial charge in [0, 0.05) is 25.8 Å². The van der Waals surface area contributed by atoms with Crippen LogP contribution in [-0.4, -0.2) is 57.4 Å². The van der Waals surface area contributed by atoms with Crippen molar-refractivity contribution in [3.8, 4) is 0 Å². The first kappa shape index (κ1) is 32.2. The number of sulfone groups is 1. The van der Waals surface area contributed by atoms with Crippen molar-refractivity contribution in [3.05, 3.63) is 65.5 Å². The molecular weight excluding hydrogens is 598 g/mol. The van der Waals surface area contributed by atoms with E-state index in [4.69, 9.17) is 4.74 Å². The standard InChI is InChI=1S/C28H29F8NO4S/c1-18-11-13-24(41-2,14-12-18)23(38)37-16-15-25(17-37,42(39,40)22-9-7-21(29)8-10-22)19-3-5-20(6-4-19)26(30,27(31,32)33)28(34,35)36/h3-10,18H,11-17H2,1-2H3/t18?,24?,25-/m0/s1. The van der Waals surface area contributed by atoms with Gasteiger partial charge < -0.3 is 9.64 Å². The van der Waals surface area contributed by atoms with Gasteiger partial charge in [-0.3, -0.25) is 4.79 Å². The summed E-state index contributed by atoms with van der Waals surface area (Å²) in [5.74, 6) is -0.892. The molecule has 0 spiro atoms. The summed E-state index contributed by atoms with van der Waals surface area (Å²) >= 11 is 0. The van der Waals surface area contributed by atoms with E-state index in [-0.39, 0.29) is 35.6 Å². The Labute approximate surface area is 237 Å². The molecule has 0 N–H and O–H groups in total. The molecule has 1 saturated carbocycles. The van der Waals surface area contributed by atoms with Gasteiger partial charge in [-0.15, -0.1) is 0 Å². The van der Waals surface area contributed by atoms with Crippen molar-refractivity contribution < 1.29 is 53.1 Å². The average molecular weight is 628 g/mol. The third-order valence-electron chi connectivity index (χ3n) is 8.61. The first-order valence-electron chi connectivity index (χ1n) is 13.1. The number of carbonyl (C=O) groups is 1. The molecule has 0 aromatic heterocycles. The Morgan fingerprint density at radius 1 is 0.881 bits per heavy atom. The van der Waals surface area contributed by atoms with Crippen LogP contribution in [0.1, 0.15) is 50.2 Å². The Kier molecular flexibility index (Phi) is 8.24. The average Bonchev–Trinajstić information content (AvgIpc) is 3.39. The number of alkyl halides is 7. The Bertz CT molecular complexity index is 1390. The molecule has 0 bridgehead atoms. The van der Waals surface area contributed by atoms with Crippen molar-refractivity contribution in [1.82, 2.24) is 4.90 Å². The van der Waals surface area contributed by atoms with E-state index in [0.29, 0.717) is 43.7 Å². The number of benzene rings is 2. The van der Waals surface area contributed by atoms with Crippen LogP contribution in [0, 0.1) is 11.7 Å². The van der Waals surface area contributed by atoms with E-state index in [1.165, 1.54) is 12.0 Å². The monoisotopic (exact) mass is 627 g/mol. The van der Waals surface area contributed by atoms with E-state index in [1.54, 1.807) is 0 Å². The lowest BCUT2D eigenvalue weighted by atomic mass is 9.78. The summed E-state index contributed by atoms with van der Waals surface area (Å²) in [7, 11) is -3.18. The minimum absolute atomic E-state index is 0.125. The normalized spacial score (nSPS) is 26.0. The van der Waals surface area contributed by atoms with Crippen LogP contribution in [0.25, 0.3) is 0 Å². The Hall–Kier alpha value is -2.74. The summed E-state index contributed by atoms with van der Waals surface area (Å²) in [6.07, 6.45) is -10.9. The minimum atomic E-state index is -6.35. The quantitative estimate of drug-likeness (QED) is 0.267. The molecular formula is C28H29F8NO4S. The fraction of sp³-hybridized carbons (Fsp3) is 0.536. The number of nitrogens with zero attached hydrogens (tertiary/aromatic N) is 1. The predicted octanol–water partition coefficient (Wildman–Crippen LogP) is 6.61. The van der Waals surface area contributed by atoms with Gasteiger partial charge in [-0.1, -0.05) is 31.2 Å². The van der Waals surface area contributed by atoms with Crippen LogP contribution in [0.15, 0.2) is 53.4 Å². The predicted molar refractivity (Wildman–Crippen MR) is 135 cm³/mol. The van der Waals surface area contributed by atoms with Gasteiger partial charge in [0.25, 0.3) is 5.91 Å². The molecule has 14 heteroatoms. The van der Waals surface area contributed by atoms with Gasteiger partial charge in [0.05, 0.1) is 4.90 Å². The molecule has 0 unspecified atom stereocenters. The van der Waals surface area contributed by atoms with Crippen LogP contribution >= 0.6 is 0 Å². The summed E-state index contributed by atoms with van der Waals surface area (Å²) in [6.45, 7) is 1.39. The van der Waals surface area contributed by atoms with Gasteiger partial charge in [-0.2, -0.15) is 26.3 Å². The highest BCUT2D eigenvalue weighted by Gasteiger charge is 2.73. The zero-order chi connectivity index (χ0) is 31.4. The smallest absolute Gasteiger partial charge is 0.368 e. The molecule has 2 aliphatic rings. The summed E-state index contributed by atoms with van der Waals surface area (Å²) < 4.78 is 140. The van der Waals surface area contributed by atoms with Crippen LogP contribution in [0.5, 0.6) is 0 Å². The molecule has 1 aliphatic heterocycles. The Morgan fingerprint density at radius 2 is 1.40 bits per heavy atom. The summed E-state index contributed by atoms with van der Waals surface area (Å²) in [5.41, 5.74) is -8.95. The number of likely N-dealkylation sites (tertiary alicyclic amines) is 1. The van der Waals surface area contributed by atoms with Gasteiger partial charge in [0.2, 0.25) is 0 Å². The number of methoxy groups -OCH3 is 1. The van der Waals surface area contributed by atoms with E-state index in [2.05, 4.69) is 0 Å². The third-order valence-corrected chi connectivity index (χ3v) is 11.1. The summed E-state index contributed by atoms with van der Waals surface area (Å²) in [5, 5.41) is 0. The molecule has 1 heterocycles. The molecule has 232 valence electrons. The summed E-state index contributed by atoms with van der Waals surface area (Å²) in [6, 6.07) is 5.62. The Balaban J connectivity index is 1.81. The topological polar surface area (TPSA) is 63.7 Å². The minimum Gasteiger partial charge on any atom is -0.368 e. The zero-order valence-electron chi connectivity index (χ0n) is 22.7. The van der Waals surface area contributed by atoms with Crippen LogP contribution in [0.4, 0.5) is 35.1 Å².